The molecule has 0 radical (unpaired) electrons. The Morgan fingerprint density at radius 3 is 2.46 bits per heavy atom. The van der Waals surface area contributed by atoms with Crippen molar-refractivity contribution >= 4 is 0 Å². The third kappa shape index (κ3) is 2.44. The van der Waals surface area contributed by atoms with Gasteiger partial charge in [-0.1, -0.05) is 26.2 Å². The molecule has 0 aromatic carbocycles. The molecule has 3 heterocycles. The van der Waals surface area contributed by atoms with E-state index in [0.717, 1.165) is 0 Å². The second-order valence-electron chi connectivity index (χ2n) is 4.44. The van der Waals surface area contributed by atoms with Gasteiger partial charge in [-0.05, 0) is 13.0 Å². The lowest BCUT2D eigenvalue weighted by molar-refractivity contribution is -0.180. The first-order valence-electron chi connectivity index (χ1n) is 5.76. The second kappa shape index (κ2) is 4.43. The minimum atomic E-state index is 0.588. The molecule has 76 valence electrons. The van der Waals surface area contributed by atoms with Crippen molar-refractivity contribution in [3.63, 3.8) is 0 Å². The van der Waals surface area contributed by atoms with Crippen LogP contribution in [0.2, 0.25) is 0 Å². The smallest absolute Gasteiger partial charge is 0.0731 e. The second-order valence-corrected chi connectivity index (χ2v) is 4.44. The normalized spacial score (nSPS) is 33.0. The van der Waals surface area contributed by atoms with E-state index in [1.807, 2.05) is 0 Å². The summed E-state index contributed by atoms with van der Waals surface area (Å²) >= 11 is 0. The monoisotopic (exact) mass is 183 g/mol. The Morgan fingerprint density at radius 1 is 1.15 bits per heavy atom. The van der Waals surface area contributed by atoms with Gasteiger partial charge in [0.25, 0.3) is 0 Å². The Kier molecular flexibility index (Phi) is 3.23. The third-order valence-electron chi connectivity index (χ3n) is 3.16. The van der Waals surface area contributed by atoms with Crippen molar-refractivity contribution in [3.8, 4) is 0 Å². The summed E-state index contributed by atoms with van der Waals surface area (Å²) in [6.07, 6.45) is 8.03. The summed E-state index contributed by atoms with van der Waals surface area (Å²) in [5, 5.41) is 0. The maximum absolute atomic E-state index is 5.59. The van der Waals surface area contributed by atoms with Gasteiger partial charge in [0, 0.05) is 19.5 Å². The first kappa shape index (κ1) is 9.47. The van der Waals surface area contributed by atoms with Gasteiger partial charge in [-0.2, -0.15) is 0 Å². The molecule has 0 aromatic rings. The lowest BCUT2D eigenvalue weighted by Gasteiger charge is -2.47. The Labute approximate surface area is 81.3 Å². The van der Waals surface area contributed by atoms with Crippen molar-refractivity contribution in [3.05, 3.63) is 0 Å². The van der Waals surface area contributed by atoms with Gasteiger partial charge in [0.2, 0.25) is 0 Å². The predicted molar refractivity (Wildman–Crippen MR) is 53.9 cm³/mol. The van der Waals surface area contributed by atoms with Gasteiger partial charge < -0.3 is 4.74 Å². The number of morpholine rings is 1. The molecule has 3 aliphatic heterocycles. The van der Waals surface area contributed by atoms with Gasteiger partial charge >= 0.3 is 0 Å². The molecule has 0 aliphatic carbocycles. The molecule has 2 heteroatoms. The minimum Gasteiger partial charge on any atom is -0.372 e. The van der Waals surface area contributed by atoms with Gasteiger partial charge in [0.15, 0.2) is 0 Å². The molecular formula is C11H21NO. The Morgan fingerprint density at radius 2 is 1.85 bits per heavy atom. The fourth-order valence-corrected chi connectivity index (χ4v) is 2.38. The van der Waals surface area contributed by atoms with E-state index in [0.29, 0.717) is 12.2 Å². The summed E-state index contributed by atoms with van der Waals surface area (Å²) in [5.74, 6) is 0. The topological polar surface area (TPSA) is 12.5 Å². The van der Waals surface area contributed by atoms with Crippen LogP contribution in [0.25, 0.3) is 0 Å². The van der Waals surface area contributed by atoms with Crippen LogP contribution in [0.3, 0.4) is 0 Å². The largest absolute Gasteiger partial charge is 0.372 e. The summed E-state index contributed by atoms with van der Waals surface area (Å²) in [7, 11) is 0. The first-order valence-corrected chi connectivity index (χ1v) is 5.76. The molecule has 3 aliphatic rings. The Balaban J connectivity index is 1.55. The van der Waals surface area contributed by atoms with Gasteiger partial charge in [0.05, 0.1) is 12.2 Å². The standard InChI is InChI=1S/C11H21NO/c1-2-3-4-5-6-12-8-10-7-11(9-12)13-10/h10-11H,2-9H2,1H3. The summed E-state index contributed by atoms with van der Waals surface area (Å²) in [6, 6.07) is 0. The van der Waals surface area contributed by atoms with Crippen LogP contribution in [0, 0.1) is 0 Å². The van der Waals surface area contributed by atoms with E-state index in [-0.39, 0.29) is 0 Å². The fraction of sp³-hybridized carbons (Fsp3) is 1.00. The lowest BCUT2D eigenvalue weighted by atomic mass is 9.98. The average molecular weight is 183 g/mol. The van der Waals surface area contributed by atoms with Crippen LogP contribution in [0.15, 0.2) is 0 Å². The Hall–Kier alpha value is -0.0800. The van der Waals surface area contributed by atoms with Crippen molar-refractivity contribution in [2.24, 2.45) is 0 Å². The molecule has 2 unspecified atom stereocenters. The number of hydrogen-bond acceptors (Lipinski definition) is 2. The van der Waals surface area contributed by atoms with E-state index in [4.69, 9.17) is 4.74 Å². The highest BCUT2D eigenvalue weighted by Gasteiger charge is 2.37. The van der Waals surface area contributed by atoms with Crippen molar-refractivity contribution < 1.29 is 4.74 Å². The van der Waals surface area contributed by atoms with Crippen LogP contribution in [0.4, 0.5) is 0 Å². The number of rotatable bonds is 5. The molecule has 0 spiro atoms. The molecule has 3 saturated heterocycles. The van der Waals surface area contributed by atoms with Gasteiger partial charge in [-0.3, -0.25) is 4.90 Å². The van der Waals surface area contributed by atoms with E-state index >= 15 is 0 Å². The zero-order chi connectivity index (χ0) is 9.10. The zero-order valence-corrected chi connectivity index (χ0v) is 8.67. The zero-order valence-electron chi connectivity index (χ0n) is 8.67. The Bertz CT molecular complexity index is 144. The number of nitrogens with zero attached hydrogens (tertiary/aromatic N) is 1. The summed E-state index contributed by atoms with van der Waals surface area (Å²) in [5.41, 5.74) is 0. The number of ether oxygens (including phenoxy) is 1. The van der Waals surface area contributed by atoms with Gasteiger partial charge in [0.1, 0.15) is 0 Å². The van der Waals surface area contributed by atoms with Crippen molar-refractivity contribution in [1.82, 2.24) is 4.90 Å². The van der Waals surface area contributed by atoms with Crippen LogP contribution in [0.5, 0.6) is 0 Å². The third-order valence-corrected chi connectivity index (χ3v) is 3.16. The van der Waals surface area contributed by atoms with E-state index in [9.17, 15) is 0 Å². The lowest BCUT2D eigenvalue weighted by Crippen LogP contribution is -2.57. The molecule has 0 N–H and O–H groups in total. The molecule has 0 saturated carbocycles. The molecule has 2 bridgehead atoms. The van der Waals surface area contributed by atoms with Crippen molar-refractivity contribution in [1.29, 1.82) is 0 Å². The van der Waals surface area contributed by atoms with Gasteiger partial charge in [-0.25, -0.2) is 0 Å². The SMILES string of the molecule is CCCCCCN1CC2CC(C1)O2. The van der Waals surface area contributed by atoms with E-state index in [1.54, 1.807) is 0 Å². The van der Waals surface area contributed by atoms with Crippen LogP contribution in [0.1, 0.15) is 39.0 Å². The first-order chi connectivity index (χ1) is 6.38. The maximum Gasteiger partial charge on any atom is 0.0731 e. The minimum absolute atomic E-state index is 0.588. The van der Waals surface area contributed by atoms with E-state index in [1.165, 1.54) is 51.7 Å². The highest BCUT2D eigenvalue weighted by atomic mass is 16.5. The van der Waals surface area contributed by atoms with Crippen molar-refractivity contribution in [2.75, 3.05) is 19.6 Å². The molecular weight excluding hydrogens is 162 g/mol. The molecule has 13 heavy (non-hydrogen) atoms. The number of hydrogen-bond donors (Lipinski definition) is 0. The number of piperidine rings is 1. The number of fused-ring (bicyclic) bond motifs is 2. The maximum atomic E-state index is 5.59. The fourth-order valence-electron chi connectivity index (χ4n) is 2.38. The molecule has 2 nitrogen and oxygen atoms in total. The van der Waals surface area contributed by atoms with E-state index < -0.39 is 0 Å². The quantitative estimate of drug-likeness (QED) is 0.605. The van der Waals surface area contributed by atoms with Crippen LogP contribution in [-0.2, 0) is 4.74 Å². The number of unbranched alkanes of at least 4 members (excludes halogenated alkanes) is 3. The molecule has 0 aromatic heterocycles. The van der Waals surface area contributed by atoms with E-state index in [2.05, 4.69) is 11.8 Å². The average Bonchev–Trinajstić information content (AvgIpc) is 2.12. The summed E-state index contributed by atoms with van der Waals surface area (Å²) in [6.45, 7) is 5.96. The van der Waals surface area contributed by atoms with Crippen LogP contribution >= 0.6 is 0 Å². The predicted octanol–water partition coefficient (Wildman–Crippen LogP) is 2.04. The molecule has 3 rings (SSSR count). The van der Waals surface area contributed by atoms with Gasteiger partial charge in [-0.15, -0.1) is 0 Å². The van der Waals surface area contributed by atoms with Crippen LogP contribution in [-0.4, -0.2) is 36.7 Å². The van der Waals surface area contributed by atoms with Crippen LogP contribution < -0.4 is 0 Å². The summed E-state index contributed by atoms with van der Waals surface area (Å²) < 4.78 is 5.59. The van der Waals surface area contributed by atoms with Crippen molar-refractivity contribution in [2.45, 2.75) is 51.2 Å². The molecule has 0 amide bonds. The highest BCUT2D eigenvalue weighted by molar-refractivity contribution is 4.88. The molecule has 2 atom stereocenters. The summed E-state index contributed by atoms with van der Waals surface area (Å²) in [4.78, 5) is 2.58. The molecule has 3 fully saturated rings. The highest BCUT2D eigenvalue weighted by Crippen LogP contribution is 2.27.